The van der Waals surface area contributed by atoms with Crippen LogP contribution in [0.2, 0.25) is 0 Å². The Morgan fingerprint density at radius 2 is 2.15 bits per heavy atom. The normalized spacial score (nSPS) is 18.9. The van der Waals surface area contributed by atoms with Crippen molar-refractivity contribution >= 4 is 28.6 Å². The van der Waals surface area contributed by atoms with Crippen molar-refractivity contribution in [2.24, 2.45) is 20.2 Å². The second kappa shape index (κ2) is 5.54. The molecule has 1 atom stereocenters. The van der Waals surface area contributed by atoms with Gasteiger partial charge in [0, 0.05) is 5.22 Å². The van der Waals surface area contributed by atoms with Crippen LogP contribution in [0.3, 0.4) is 0 Å². The molecular weight excluding hydrogens is 276 g/mol. The maximum absolute atomic E-state index is 11.3. The fraction of sp³-hybridized carbons (Fsp3) is 0.308. The predicted octanol–water partition coefficient (Wildman–Crippen LogP) is 0.872. The number of carbonyl (C=O) groups excluding carboxylic acids is 1. The largest absolute Gasteiger partial charge is 0.465 e. The van der Waals surface area contributed by atoms with Crippen LogP contribution in [-0.2, 0) is 9.53 Å². The molecule has 2 heterocycles. The van der Waals surface area contributed by atoms with E-state index in [0.29, 0.717) is 11.8 Å². The standard InChI is InChI=1S/C13H12N4O2S/c1-2-19-10(18)7-20-13-15-12-11(16-17-13)8-5-3-4-6-9(8)14-12/h3-6,12H,2,7H2,1H3/t12-/m1/s1. The molecule has 1 aromatic carbocycles. The Morgan fingerprint density at radius 1 is 1.30 bits per heavy atom. The van der Waals surface area contributed by atoms with Gasteiger partial charge in [-0.2, -0.15) is 0 Å². The summed E-state index contributed by atoms with van der Waals surface area (Å²) in [5.41, 5.74) is 0.765. The first kappa shape index (κ1) is 13.0. The summed E-state index contributed by atoms with van der Waals surface area (Å²) in [5, 5.41) is 10.5. The summed E-state index contributed by atoms with van der Waals surface area (Å²) in [6.07, 6.45) is -0.338. The third kappa shape index (κ3) is 2.49. The third-order valence-electron chi connectivity index (χ3n) is 2.79. The van der Waals surface area contributed by atoms with Gasteiger partial charge in [-0.1, -0.05) is 30.0 Å². The molecule has 2 aliphatic heterocycles. The van der Waals surface area contributed by atoms with Crippen LogP contribution in [0.25, 0.3) is 5.70 Å². The molecule has 0 fully saturated rings. The van der Waals surface area contributed by atoms with E-state index in [-0.39, 0.29) is 17.9 Å². The number of carbonyl (C=O) groups is 1. The highest BCUT2D eigenvalue weighted by atomic mass is 32.2. The van der Waals surface area contributed by atoms with Gasteiger partial charge >= 0.3 is 5.97 Å². The number of azo groups is 1. The number of hydrogen-bond acceptors (Lipinski definition) is 7. The first-order valence-electron chi connectivity index (χ1n) is 6.23. The highest BCUT2D eigenvalue weighted by Crippen LogP contribution is 2.21. The Morgan fingerprint density at radius 3 is 3.00 bits per heavy atom. The number of hydrogen-bond donors (Lipinski definition) is 0. The minimum atomic E-state index is -0.338. The molecule has 0 spiro atoms. The van der Waals surface area contributed by atoms with Crippen LogP contribution in [0.1, 0.15) is 6.92 Å². The summed E-state index contributed by atoms with van der Waals surface area (Å²) in [5.74, 6) is -0.0995. The van der Waals surface area contributed by atoms with Gasteiger partial charge in [0.05, 0.1) is 17.7 Å². The predicted molar refractivity (Wildman–Crippen MR) is 75.8 cm³/mol. The van der Waals surface area contributed by atoms with Gasteiger partial charge in [0.25, 0.3) is 0 Å². The smallest absolute Gasteiger partial charge is 0.316 e. The number of benzene rings is 1. The molecule has 7 heteroatoms. The van der Waals surface area contributed by atoms with Crippen molar-refractivity contribution in [1.82, 2.24) is 0 Å². The first-order valence-corrected chi connectivity index (χ1v) is 7.21. The molecule has 0 amide bonds. The Kier molecular flexibility index (Phi) is 3.60. The summed E-state index contributed by atoms with van der Waals surface area (Å²) in [7, 11) is 0. The van der Waals surface area contributed by atoms with Crippen LogP contribution in [0.5, 0.6) is 0 Å². The van der Waals surface area contributed by atoms with Crippen molar-refractivity contribution in [2.45, 2.75) is 13.1 Å². The molecule has 6 nitrogen and oxygen atoms in total. The van der Waals surface area contributed by atoms with Gasteiger partial charge in [0.2, 0.25) is 5.17 Å². The Balaban J connectivity index is 1.76. The molecule has 0 radical (unpaired) electrons. The molecule has 102 valence electrons. The number of rotatable bonds is 3. The van der Waals surface area contributed by atoms with Crippen LogP contribution < -0.4 is 10.6 Å². The molecule has 3 rings (SSSR count). The van der Waals surface area contributed by atoms with Gasteiger partial charge in [-0.15, -0.1) is 10.2 Å². The number of aliphatic imine (C=N–C) groups is 1. The average Bonchev–Trinajstić information content (AvgIpc) is 2.83. The topological polar surface area (TPSA) is 75.7 Å². The van der Waals surface area contributed by atoms with Gasteiger partial charge in [0.1, 0.15) is 5.70 Å². The van der Waals surface area contributed by atoms with E-state index in [1.807, 2.05) is 24.3 Å². The van der Waals surface area contributed by atoms with E-state index in [1.54, 1.807) is 6.92 Å². The summed E-state index contributed by atoms with van der Waals surface area (Å²) in [6, 6.07) is 7.75. The van der Waals surface area contributed by atoms with Crippen LogP contribution in [0.4, 0.5) is 0 Å². The first-order chi connectivity index (χ1) is 9.78. The van der Waals surface area contributed by atoms with Crippen LogP contribution >= 0.6 is 11.8 Å². The molecule has 2 aliphatic rings. The number of thioether (sulfide) groups is 1. The molecule has 0 saturated carbocycles. The molecule has 0 saturated heterocycles. The van der Waals surface area contributed by atoms with Crippen LogP contribution in [-0.4, -0.2) is 29.7 Å². The lowest BCUT2D eigenvalue weighted by Crippen LogP contribution is -2.22. The van der Waals surface area contributed by atoms with E-state index in [0.717, 1.165) is 16.3 Å². The number of nitrogens with zero attached hydrogens (tertiary/aromatic N) is 4. The molecule has 0 unspecified atom stereocenters. The van der Waals surface area contributed by atoms with E-state index in [1.165, 1.54) is 11.8 Å². The van der Waals surface area contributed by atoms with Gasteiger partial charge < -0.3 is 4.74 Å². The minimum Gasteiger partial charge on any atom is -0.465 e. The molecule has 0 N–H and O–H groups in total. The summed E-state index contributed by atoms with van der Waals surface area (Å²) in [4.78, 5) is 20.2. The molecule has 0 bridgehead atoms. The average molecular weight is 288 g/mol. The number of ether oxygens (including phenoxy) is 1. The third-order valence-corrected chi connectivity index (χ3v) is 3.61. The monoisotopic (exact) mass is 288 g/mol. The van der Waals surface area contributed by atoms with Gasteiger partial charge in [0.15, 0.2) is 6.17 Å². The lowest BCUT2D eigenvalue weighted by atomic mass is 10.2. The number of amidine groups is 1. The second-order valence-corrected chi connectivity index (χ2v) is 5.05. The number of fused-ring (bicyclic) bond motifs is 2. The van der Waals surface area contributed by atoms with Crippen molar-refractivity contribution in [1.29, 1.82) is 0 Å². The van der Waals surface area contributed by atoms with E-state index in [4.69, 9.17) is 4.74 Å². The summed E-state index contributed by atoms with van der Waals surface area (Å²) >= 11 is 1.21. The van der Waals surface area contributed by atoms with E-state index in [9.17, 15) is 4.79 Å². The summed E-state index contributed by atoms with van der Waals surface area (Å²) < 4.78 is 4.85. The van der Waals surface area contributed by atoms with Crippen LogP contribution in [0.15, 0.2) is 44.5 Å². The zero-order valence-corrected chi connectivity index (χ0v) is 11.6. The maximum Gasteiger partial charge on any atom is 0.316 e. The van der Waals surface area contributed by atoms with Crippen molar-refractivity contribution in [3.63, 3.8) is 0 Å². The van der Waals surface area contributed by atoms with Gasteiger partial charge in [-0.05, 0) is 13.0 Å². The van der Waals surface area contributed by atoms with Crippen molar-refractivity contribution < 1.29 is 9.53 Å². The zero-order chi connectivity index (χ0) is 13.9. The zero-order valence-electron chi connectivity index (χ0n) is 10.8. The second-order valence-electron chi connectivity index (χ2n) is 4.11. The fourth-order valence-electron chi connectivity index (χ4n) is 1.95. The molecule has 0 aliphatic carbocycles. The Labute approximate surface area is 119 Å². The maximum atomic E-state index is 11.3. The summed E-state index contributed by atoms with van der Waals surface area (Å²) in [6.45, 7) is 2.15. The molecular formula is C13H12N4O2S. The highest BCUT2D eigenvalue weighted by molar-refractivity contribution is 8.14. The van der Waals surface area contributed by atoms with E-state index >= 15 is 0 Å². The Hall–Kier alpha value is -2.02. The highest BCUT2D eigenvalue weighted by Gasteiger charge is 2.23. The van der Waals surface area contributed by atoms with E-state index < -0.39 is 0 Å². The molecule has 0 aromatic heterocycles. The number of esters is 1. The molecule has 20 heavy (non-hydrogen) atoms. The SMILES string of the molecule is CCOC(=O)CSC1=N[C@H]2N=c3ccccc3=C2N=N1. The minimum absolute atomic E-state index is 0.181. The van der Waals surface area contributed by atoms with Crippen LogP contribution in [0, 0.1) is 0 Å². The van der Waals surface area contributed by atoms with Gasteiger partial charge in [-0.25, -0.2) is 4.99 Å². The quantitative estimate of drug-likeness (QED) is 0.774. The van der Waals surface area contributed by atoms with E-state index in [2.05, 4.69) is 20.2 Å². The number of para-hydroxylation sites is 1. The lowest BCUT2D eigenvalue weighted by molar-refractivity contribution is -0.139. The van der Waals surface area contributed by atoms with Crippen molar-refractivity contribution in [3.05, 3.63) is 34.8 Å². The Bertz CT molecular complexity index is 726. The van der Waals surface area contributed by atoms with Gasteiger partial charge in [-0.3, -0.25) is 9.79 Å². The van der Waals surface area contributed by atoms with Crippen molar-refractivity contribution in [2.75, 3.05) is 12.4 Å². The lowest BCUT2D eigenvalue weighted by Gasteiger charge is -2.09. The van der Waals surface area contributed by atoms with Crippen molar-refractivity contribution in [3.8, 4) is 0 Å². The molecule has 1 aromatic rings. The fourth-order valence-corrected chi connectivity index (χ4v) is 2.55.